The zero-order valence-corrected chi connectivity index (χ0v) is 10.5. The van der Waals surface area contributed by atoms with Gasteiger partial charge in [-0.05, 0) is 17.2 Å². The molecule has 1 aromatic rings. The molecule has 2 aliphatic rings. The van der Waals surface area contributed by atoms with Crippen molar-refractivity contribution in [2.45, 2.75) is 18.9 Å². The molecule has 0 radical (unpaired) electrons. The summed E-state index contributed by atoms with van der Waals surface area (Å²) < 4.78 is 27.1. The van der Waals surface area contributed by atoms with Crippen molar-refractivity contribution < 1.29 is 8.78 Å². The van der Waals surface area contributed by atoms with Gasteiger partial charge in [-0.1, -0.05) is 36.4 Å². The van der Waals surface area contributed by atoms with Gasteiger partial charge >= 0.3 is 0 Å². The molecule has 1 aromatic carbocycles. The third kappa shape index (κ3) is 2.51. The highest BCUT2D eigenvalue weighted by molar-refractivity contribution is 5.48. The second kappa shape index (κ2) is 5.10. The Kier molecular flexibility index (Phi) is 3.30. The number of nitrogens with one attached hydrogen (secondary N) is 1. The first kappa shape index (κ1) is 12.3. The minimum absolute atomic E-state index is 0.0786. The Balaban J connectivity index is 1.88. The van der Waals surface area contributed by atoms with Crippen molar-refractivity contribution in [2.24, 2.45) is 0 Å². The van der Waals surface area contributed by atoms with Gasteiger partial charge in [0.05, 0.1) is 6.04 Å². The van der Waals surface area contributed by atoms with Crippen molar-refractivity contribution in [2.75, 3.05) is 6.54 Å². The molecule has 0 spiro atoms. The van der Waals surface area contributed by atoms with Gasteiger partial charge in [0.1, 0.15) is 11.7 Å². The Labute approximate surface area is 111 Å². The SMILES string of the molecule is FC1=CC(C2=C[C@@H](c3ccccc3)NC2)=C(F)CC1. The monoisotopic (exact) mass is 259 g/mol. The highest BCUT2D eigenvalue weighted by Crippen LogP contribution is 2.33. The van der Waals surface area contributed by atoms with Gasteiger partial charge in [-0.3, -0.25) is 0 Å². The first-order valence-corrected chi connectivity index (χ1v) is 6.48. The molecule has 19 heavy (non-hydrogen) atoms. The van der Waals surface area contributed by atoms with E-state index in [1.807, 2.05) is 36.4 Å². The minimum Gasteiger partial charge on any atom is -0.303 e. The predicted molar refractivity (Wildman–Crippen MR) is 71.8 cm³/mol. The maximum Gasteiger partial charge on any atom is 0.108 e. The van der Waals surface area contributed by atoms with Crippen LogP contribution in [0.3, 0.4) is 0 Å². The van der Waals surface area contributed by atoms with Crippen LogP contribution < -0.4 is 5.32 Å². The lowest BCUT2D eigenvalue weighted by molar-refractivity contribution is 0.518. The average molecular weight is 259 g/mol. The first-order valence-electron chi connectivity index (χ1n) is 6.48. The maximum absolute atomic E-state index is 13.8. The van der Waals surface area contributed by atoms with Gasteiger partial charge in [0.25, 0.3) is 0 Å². The van der Waals surface area contributed by atoms with Crippen LogP contribution in [0.25, 0.3) is 0 Å². The molecule has 0 fully saturated rings. The molecular formula is C16H15F2N. The molecule has 0 unspecified atom stereocenters. The molecule has 1 aliphatic carbocycles. The molecule has 98 valence electrons. The summed E-state index contributed by atoms with van der Waals surface area (Å²) in [5, 5.41) is 3.31. The first-order chi connectivity index (χ1) is 9.24. The van der Waals surface area contributed by atoms with Crippen LogP contribution in [0.1, 0.15) is 24.4 Å². The zero-order chi connectivity index (χ0) is 13.2. The van der Waals surface area contributed by atoms with E-state index in [1.165, 1.54) is 6.08 Å². The Bertz CT molecular complexity index is 570. The smallest absolute Gasteiger partial charge is 0.108 e. The van der Waals surface area contributed by atoms with Crippen LogP contribution >= 0.6 is 0 Å². The minimum atomic E-state index is -0.236. The quantitative estimate of drug-likeness (QED) is 0.842. The fourth-order valence-electron chi connectivity index (χ4n) is 2.54. The van der Waals surface area contributed by atoms with Crippen LogP contribution in [0.5, 0.6) is 0 Å². The molecule has 0 amide bonds. The van der Waals surface area contributed by atoms with Crippen LogP contribution in [-0.4, -0.2) is 6.54 Å². The topological polar surface area (TPSA) is 12.0 Å². The summed E-state index contributed by atoms with van der Waals surface area (Å²) in [5.41, 5.74) is 2.41. The number of halogens is 2. The van der Waals surface area contributed by atoms with Crippen molar-refractivity contribution in [3.63, 3.8) is 0 Å². The molecule has 0 saturated heterocycles. The summed E-state index contributed by atoms with van der Waals surface area (Å²) in [4.78, 5) is 0. The van der Waals surface area contributed by atoms with E-state index in [2.05, 4.69) is 5.32 Å². The van der Waals surface area contributed by atoms with Crippen LogP contribution in [0.2, 0.25) is 0 Å². The molecule has 1 atom stereocenters. The van der Waals surface area contributed by atoms with Crippen molar-refractivity contribution in [1.82, 2.24) is 5.32 Å². The fraction of sp³-hybridized carbons (Fsp3) is 0.250. The molecule has 3 rings (SSSR count). The Morgan fingerprint density at radius 1 is 1.05 bits per heavy atom. The Morgan fingerprint density at radius 2 is 1.84 bits per heavy atom. The van der Waals surface area contributed by atoms with Crippen LogP contribution in [0.15, 0.2) is 65.3 Å². The lowest BCUT2D eigenvalue weighted by Crippen LogP contribution is -2.15. The lowest BCUT2D eigenvalue weighted by atomic mass is 9.97. The number of benzene rings is 1. The molecule has 1 aliphatic heterocycles. The van der Waals surface area contributed by atoms with Gasteiger partial charge in [0.15, 0.2) is 0 Å². The number of allylic oxidation sites excluding steroid dienone is 3. The second-order valence-electron chi connectivity index (χ2n) is 4.87. The largest absolute Gasteiger partial charge is 0.303 e. The van der Waals surface area contributed by atoms with Gasteiger partial charge in [-0.25, -0.2) is 8.78 Å². The van der Waals surface area contributed by atoms with Crippen LogP contribution in [0.4, 0.5) is 8.78 Å². The van der Waals surface area contributed by atoms with Crippen LogP contribution in [-0.2, 0) is 0 Å². The van der Waals surface area contributed by atoms with Crippen molar-refractivity contribution in [3.8, 4) is 0 Å². The zero-order valence-electron chi connectivity index (χ0n) is 10.5. The van der Waals surface area contributed by atoms with Crippen molar-refractivity contribution >= 4 is 0 Å². The highest BCUT2D eigenvalue weighted by atomic mass is 19.1. The summed E-state index contributed by atoms with van der Waals surface area (Å²) in [5.74, 6) is -0.441. The maximum atomic E-state index is 13.8. The van der Waals surface area contributed by atoms with Gasteiger partial charge in [0.2, 0.25) is 0 Å². The van der Waals surface area contributed by atoms with Crippen molar-refractivity contribution in [3.05, 3.63) is 70.8 Å². The summed E-state index contributed by atoms with van der Waals surface area (Å²) in [6, 6.07) is 10.0. The lowest BCUT2D eigenvalue weighted by Gasteiger charge is -2.11. The summed E-state index contributed by atoms with van der Waals surface area (Å²) >= 11 is 0. The average Bonchev–Trinajstić information content (AvgIpc) is 2.92. The van der Waals surface area contributed by atoms with Crippen LogP contribution in [0, 0.1) is 0 Å². The third-order valence-corrected chi connectivity index (χ3v) is 3.56. The standard InChI is InChI=1S/C16H15F2N/c17-13-6-7-15(18)14(9-13)12-8-16(19-10-12)11-4-2-1-3-5-11/h1-5,8-9,16,19H,6-7,10H2/t16-/m0/s1. The summed E-state index contributed by atoms with van der Waals surface area (Å²) in [7, 11) is 0. The molecule has 1 N–H and O–H groups in total. The molecule has 1 nitrogen and oxygen atoms in total. The van der Waals surface area contributed by atoms with Gasteiger partial charge in [-0.15, -0.1) is 0 Å². The normalized spacial score (nSPS) is 23.4. The van der Waals surface area contributed by atoms with Gasteiger partial charge in [0, 0.05) is 25.0 Å². The molecule has 0 saturated carbocycles. The molecule has 3 heteroatoms. The number of rotatable bonds is 2. The van der Waals surface area contributed by atoms with E-state index in [4.69, 9.17) is 0 Å². The highest BCUT2D eigenvalue weighted by Gasteiger charge is 2.22. The van der Waals surface area contributed by atoms with E-state index in [1.54, 1.807) is 0 Å². The molecule has 0 bridgehead atoms. The van der Waals surface area contributed by atoms with E-state index in [-0.39, 0.29) is 30.5 Å². The second-order valence-corrected chi connectivity index (χ2v) is 4.87. The summed E-state index contributed by atoms with van der Waals surface area (Å²) in [6.07, 6.45) is 3.67. The van der Waals surface area contributed by atoms with E-state index in [0.717, 1.165) is 11.1 Å². The number of hydrogen-bond acceptors (Lipinski definition) is 1. The van der Waals surface area contributed by atoms with E-state index >= 15 is 0 Å². The summed E-state index contributed by atoms with van der Waals surface area (Å²) in [6.45, 7) is 0.575. The van der Waals surface area contributed by atoms with E-state index < -0.39 is 0 Å². The van der Waals surface area contributed by atoms with Crippen molar-refractivity contribution in [1.29, 1.82) is 0 Å². The Hall–Kier alpha value is -1.74. The fourth-order valence-corrected chi connectivity index (χ4v) is 2.54. The molecule has 1 heterocycles. The van der Waals surface area contributed by atoms with E-state index in [9.17, 15) is 8.78 Å². The van der Waals surface area contributed by atoms with Gasteiger partial charge < -0.3 is 5.32 Å². The Morgan fingerprint density at radius 3 is 2.63 bits per heavy atom. The third-order valence-electron chi connectivity index (χ3n) is 3.56. The van der Waals surface area contributed by atoms with E-state index in [0.29, 0.717) is 12.1 Å². The number of hydrogen-bond donors (Lipinski definition) is 1. The molecule has 0 aromatic heterocycles. The predicted octanol–water partition coefficient (Wildman–Crippen LogP) is 4.13. The van der Waals surface area contributed by atoms with Gasteiger partial charge in [-0.2, -0.15) is 0 Å². The molecular weight excluding hydrogens is 244 g/mol.